The van der Waals surface area contributed by atoms with Gasteiger partial charge >= 0.3 is 5.97 Å². The van der Waals surface area contributed by atoms with E-state index in [9.17, 15) is 14.4 Å². The number of fused-ring (bicyclic) bond motifs is 1. The molecule has 1 fully saturated rings. The van der Waals surface area contributed by atoms with Crippen LogP contribution in [0.3, 0.4) is 0 Å². The van der Waals surface area contributed by atoms with Crippen molar-refractivity contribution in [1.29, 1.82) is 0 Å². The van der Waals surface area contributed by atoms with Crippen molar-refractivity contribution in [2.75, 3.05) is 25.6 Å². The van der Waals surface area contributed by atoms with E-state index in [1.165, 1.54) is 28.0 Å². The van der Waals surface area contributed by atoms with E-state index in [4.69, 9.17) is 21.7 Å². The summed E-state index contributed by atoms with van der Waals surface area (Å²) in [7, 11) is 1.62. The zero-order valence-corrected chi connectivity index (χ0v) is 24.1. The first-order valence-corrected chi connectivity index (χ1v) is 15.0. The van der Waals surface area contributed by atoms with Crippen LogP contribution in [0.25, 0.3) is 6.08 Å². The normalized spacial score (nSPS) is 16.1. The van der Waals surface area contributed by atoms with Crippen LogP contribution in [0.15, 0.2) is 29.2 Å². The summed E-state index contributed by atoms with van der Waals surface area (Å²) >= 11 is 8.25. The number of nitrogens with one attached hydrogen (secondary N) is 1. The van der Waals surface area contributed by atoms with Gasteiger partial charge in [-0.15, -0.1) is 11.3 Å². The molecule has 1 N–H and O–H groups in total. The van der Waals surface area contributed by atoms with Crippen LogP contribution in [-0.2, 0) is 27.2 Å². The molecule has 1 saturated heterocycles. The van der Waals surface area contributed by atoms with E-state index < -0.39 is 0 Å². The minimum absolute atomic E-state index is 0.0817. The highest BCUT2D eigenvalue weighted by Crippen LogP contribution is 2.39. The average molecular weight is 573 g/mol. The van der Waals surface area contributed by atoms with Crippen LogP contribution in [-0.4, -0.2) is 47.3 Å². The molecule has 0 unspecified atom stereocenters. The molecule has 2 aromatic rings. The Morgan fingerprint density at radius 1 is 1.13 bits per heavy atom. The number of benzene rings is 1. The number of rotatable bonds is 11. The van der Waals surface area contributed by atoms with Crippen LogP contribution in [0, 0.1) is 0 Å². The van der Waals surface area contributed by atoms with Gasteiger partial charge < -0.3 is 14.8 Å². The first-order chi connectivity index (χ1) is 18.4. The maximum absolute atomic E-state index is 12.9. The molecule has 2 heterocycles. The lowest BCUT2D eigenvalue weighted by atomic mass is 9.95. The van der Waals surface area contributed by atoms with Crippen LogP contribution < -0.4 is 10.1 Å². The Hall–Kier alpha value is -2.69. The number of ether oxygens (including phenoxy) is 2. The summed E-state index contributed by atoms with van der Waals surface area (Å²) in [6, 6.07) is 7.51. The summed E-state index contributed by atoms with van der Waals surface area (Å²) in [6.07, 6.45) is 8.34. The summed E-state index contributed by atoms with van der Waals surface area (Å²) in [5.41, 5.74) is 2.49. The summed E-state index contributed by atoms with van der Waals surface area (Å²) in [4.78, 5) is 41.5. The molecular weight excluding hydrogens is 541 g/mol. The predicted molar refractivity (Wildman–Crippen MR) is 157 cm³/mol. The molecular formula is C28H32N2O5S3. The molecule has 1 aliphatic carbocycles. The highest BCUT2D eigenvalue weighted by Gasteiger charge is 2.31. The van der Waals surface area contributed by atoms with Crippen molar-refractivity contribution < 1.29 is 23.9 Å². The number of unbranched alkanes of at least 4 members (excludes halogenated alkanes) is 2. The quantitative estimate of drug-likeness (QED) is 0.148. The Morgan fingerprint density at radius 2 is 1.89 bits per heavy atom. The van der Waals surface area contributed by atoms with Crippen molar-refractivity contribution in [2.24, 2.45) is 0 Å². The first-order valence-electron chi connectivity index (χ1n) is 12.9. The third-order valence-corrected chi connectivity index (χ3v) is 9.06. The summed E-state index contributed by atoms with van der Waals surface area (Å²) in [6.45, 7) is 2.61. The monoisotopic (exact) mass is 572 g/mol. The van der Waals surface area contributed by atoms with Crippen molar-refractivity contribution in [3.63, 3.8) is 0 Å². The molecule has 10 heteroatoms. The first kappa shape index (κ1) is 28.3. The fourth-order valence-corrected chi connectivity index (χ4v) is 7.14. The molecule has 0 saturated carbocycles. The van der Waals surface area contributed by atoms with Gasteiger partial charge in [-0.2, -0.15) is 0 Å². The molecule has 1 aromatic carbocycles. The Kier molecular flexibility index (Phi) is 9.98. The fourth-order valence-electron chi connectivity index (χ4n) is 4.54. The molecule has 2 amide bonds. The third-order valence-electron chi connectivity index (χ3n) is 6.48. The number of thiocarbonyl (C=S) groups is 1. The minimum Gasteiger partial charge on any atom is -0.497 e. The molecule has 38 heavy (non-hydrogen) atoms. The summed E-state index contributed by atoms with van der Waals surface area (Å²) in [5.74, 6) is 0.216. The third kappa shape index (κ3) is 6.84. The summed E-state index contributed by atoms with van der Waals surface area (Å²) < 4.78 is 11.0. The number of thiophene rings is 1. The number of amides is 2. The Morgan fingerprint density at radius 3 is 2.63 bits per heavy atom. The van der Waals surface area contributed by atoms with Crippen molar-refractivity contribution in [2.45, 2.75) is 58.3 Å². The van der Waals surface area contributed by atoms with Crippen LogP contribution in [0.5, 0.6) is 5.75 Å². The maximum Gasteiger partial charge on any atom is 0.341 e. The number of thioether (sulfide) groups is 1. The van der Waals surface area contributed by atoms with Gasteiger partial charge in [0.05, 0.1) is 24.2 Å². The molecule has 1 aliphatic heterocycles. The highest BCUT2D eigenvalue weighted by atomic mass is 32.2. The zero-order valence-electron chi connectivity index (χ0n) is 21.7. The number of methoxy groups -OCH3 is 1. The maximum atomic E-state index is 12.9. The molecule has 4 rings (SSSR count). The Bertz CT molecular complexity index is 1240. The van der Waals surface area contributed by atoms with E-state index >= 15 is 0 Å². The van der Waals surface area contributed by atoms with Crippen molar-refractivity contribution in [1.82, 2.24) is 4.90 Å². The van der Waals surface area contributed by atoms with Gasteiger partial charge in [0.1, 0.15) is 15.1 Å². The lowest BCUT2D eigenvalue weighted by molar-refractivity contribution is -0.122. The Balaban J connectivity index is 1.25. The van der Waals surface area contributed by atoms with Gasteiger partial charge in [-0.25, -0.2) is 4.79 Å². The highest BCUT2D eigenvalue weighted by molar-refractivity contribution is 8.26. The molecule has 7 nitrogen and oxygen atoms in total. The fraction of sp³-hybridized carbons (Fsp3) is 0.429. The van der Waals surface area contributed by atoms with Gasteiger partial charge in [0, 0.05) is 17.8 Å². The van der Waals surface area contributed by atoms with Gasteiger partial charge in [0.25, 0.3) is 5.91 Å². The average Bonchev–Trinajstić information content (AvgIpc) is 3.40. The molecule has 0 spiro atoms. The van der Waals surface area contributed by atoms with Gasteiger partial charge in [0.2, 0.25) is 5.91 Å². The lowest BCUT2D eigenvalue weighted by Gasteiger charge is -2.14. The lowest BCUT2D eigenvalue weighted by Crippen LogP contribution is -2.29. The molecule has 2 aliphatic rings. The number of aryl methyl sites for hydroxylation is 1. The number of hydrogen-bond donors (Lipinski definition) is 1. The summed E-state index contributed by atoms with van der Waals surface area (Å²) in [5, 5.41) is 3.58. The smallest absolute Gasteiger partial charge is 0.341 e. The second-order valence-corrected chi connectivity index (χ2v) is 11.9. The van der Waals surface area contributed by atoms with Gasteiger partial charge in [-0.05, 0) is 74.8 Å². The van der Waals surface area contributed by atoms with E-state index in [0.717, 1.165) is 55.4 Å². The zero-order chi connectivity index (χ0) is 27.1. The van der Waals surface area contributed by atoms with Gasteiger partial charge in [-0.1, -0.05) is 42.5 Å². The van der Waals surface area contributed by atoms with Gasteiger partial charge in [-0.3, -0.25) is 14.5 Å². The number of nitrogens with zero attached hydrogens (tertiary/aromatic N) is 1. The molecule has 1 aromatic heterocycles. The number of anilines is 1. The number of esters is 1. The van der Waals surface area contributed by atoms with Crippen molar-refractivity contribution in [3.8, 4) is 5.75 Å². The standard InChI is InChI=1S/C28H32N2O5S3/c1-3-35-27(33)24-20-9-6-7-10-21(20)37-25(24)29-23(31)11-5-4-8-16-30-26(32)22(38-28(30)36)17-18-12-14-19(34-2)15-13-18/h12-15,17H,3-11,16H2,1-2H3,(H,29,31)/b22-17-. The van der Waals surface area contributed by atoms with Crippen LogP contribution in [0.2, 0.25) is 0 Å². The van der Waals surface area contributed by atoms with E-state index in [1.54, 1.807) is 18.9 Å². The van der Waals surface area contributed by atoms with Crippen molar-refractivity contribution in [3.05, 3.63) is 50.7 Å². The second kappa shape index (κ2) is 13.4. The number of carbonyl (C=O) groups is 3. The topological polar surface area (TPSA) is 84.9 Å². The van der Waals surface area contributed by atoms with Crippen LogP contribution in [0.1, 0.15) is 71.8 Å². The van der Waals surface area contributed by atoms with Crippen LogP contribution in [0.4, 0.5) is 5.00 Å². The van der Waals surface area contributed by atoms with E-state index in [2.05, 4.69) is 5.32 Å². The number of hydrogen-bond acceptors (Lipinski definition) is 8. The Labute approximate surface area is 236 Å². The van der Waals surface area contributed by atoms with Crippen molar-refractivity contribution >= 4 is 68.5 Å². The minimum atomic E-state index is -0.355. The van der Waals surface area contributed by atoms with Gasteiger partial charge in [0.15, 0.2) is 0 Å². The molecule has 0 bridgehead atoms. The SMILES string of the molecule is CCOC(=O)c1c(NC(=O)CCCCCN2C(=O)/C(=C/c3ccc(OC)cc3)SC2=S)sc2c1CCCC2. The predicted octanol–water partition coefficient (Wildman–Crippen LogP) is 6.21. The van der Waals surface area contributed by atoms with E-state index in [1.807, 2.05) is 30.3 Å². The number of carbonyl (C=O) groups excluding carboxylic acids is 3. The van der Waals surface area contributed by atoms with E-state index in [0.29, 0.717) is 45.8 Å². The molecule has 0 atom stereocenters. The van der Waals surface area contributed by atoms with E-state index in [-0.39, 0.29) is 17.8 Å². The largest absolute Gasteiger partial charge is 0.497 e. The second-order valence-electron chi connectivity index (χ2n) is 9.10. The van der Waals surface area contributed by atoms with Crippen LogP contribution >= 0.6 is 35.3 Å². The molecule has 202 valence electrons. The molecule has 0 radical (unpaired) electrons.